The van der Waals surface area contributed by atoms with Gasteiger partial charge in [0.15, 0.2) is 0 Å². The molecule has 0 aliphatic rings. The Morgan fingerprint density at radius 3 is 2.78 bits per heavy atom. The van der Waals surface area contributed by atoms with Gasteiger partial charge in [-0.25, -0.2) is 9.97 Å². The van der Waals surface area contributed by atoms with Gasteiger partial charge in [-0.2, -0.15) is 11.8 Å². The van der Waals surface area contributed by atoms with Gasteiger partial charge in [0.05, 0.1) is 12.4 Å². The fourth-order valence-electron chi connectivity index (χ4n) is 1.38. The molecule has 6 heteroatoms. The molecule has 0 bridgehead atoms. The molecule has 0 fully saturated rings. The van der Waals surface area contributed by atoms with Crippen molar-refractivity contribution in [3.8, 4) is 0 Å². The lowest BCUT2D eigenvalue weighted by molar-refractivity contribution is 0.0934. The fourth-order valence-corrected chi connectivity index (χ4v) is 1.97. The first-order valence-corrected chi connectivity index (χ1v) is 7.42. The maximum Gasteiger partial charge on any atom is 0.271 e. The number of hydrogen-bond donors (Lipinski definition) is 2. The molecular formula is C12H20N4OS. The Hall–Kier alpha value is -1.30. The third-order valence-corrected chi connectivity index (χ3v) is 3.02. The van der Waals surface area contributed by atoms with Crippen LogP contribution in [0.4, 0.5) is 5.82 Å². The highest BCUT2D eigenvalue weighted by atomic mass is 32.2. The highest BCUT2D eigenvalue weighted by molar-refractivity contribution is 7.98. The number of carbonyl (C=O) groups excluding carboxylic acids is 1. The predicted molar refractivity (Wildman–Crippen MR) is 76.1 cm³/mol. The quantitative estimate of drug-likeness (QED) is 0.789. The van der Waals surface area contributed by atoms with Gasteiger partial charge in [-0.3, -0.25) is 4.79 Å². The normalized spacial score (nSPS) is 11.9. The molecule has 0 aliphatic heterocycles. The van der Waals surface area contributed by atoms with Crippen molar-refractivity contribution >= 4 is 23.5 Å². The van der Waals surface area contributed by atoms with Crippen LogP contribution in [0.15, 0.2) is 12.4 Å². The van der Waals surface area contributed by atoms with Crippen molar-refractivity contribution in [3.63, 3.8) is 0 Å². The molecular weight excluding hydrogens is 248 g/mol. The first-order valence-electron chi connectivity index (χ1n) is 6.03. The summed E-state index contributed by atoms with van der Waals surface area (Å²) in [5.41, 5.74) is 0.354. The van der Waals surface area contributed by atoms with Gasteiger partial charge in [0.2, 0.25) is 0 Å². The summed E-state index contributed by atoms with van der Waals surface area (Å²) in [5.74, 6) is 1.55. The van der Waals surface area contributed by atoms with Crippen molar-refractivity contribution in [1.82, 2.24) is 15.3 Å². The summed E-state index contributed by atoms with van der Waals surface area (Å²) in [6.07, 6.45) is 6.08. The number of aromatic nitrogens is 2. The Morgan fingerprint density at radius 1 is 1.44 bits per heavy atom. The zero-order valence-electron chi connectivity index (χ0n) is 11.1. The van der Waals surface area contributed by atoms with E-state index in [1.54, 1.807) is 18.0 Å². The molecule has 5 nitrogen and oxygen atoms in total. The molecule has 2 N–H and O–H groups in total. The van der Waals surface area contributed by atoms with Gasteiger partial charge in [0.25, 0.3) is 5.91 Å². The molecule has 0 aromatic carbocycles. The molecule has 1 unspecified atom stereocenters. The van der Waals surface area contributed by atoms with E-state index >= 15 is 0 Å². The molecule has 1 aromatic rings. The average molecular weight is 268 g/mol. The number of rotatable bonds is 7. The van der Waals surface area contributed by atoms with Crippen molar-refractivity contribution < 1.29 is 4.79 Å². The minimum Gasteiger partial charge on any atom is -0.369 e. The molecule has 1 amide bonds. The second-order valence-corrected chi connectivity index (χ2v) is 4.96. The van der Waals surface area contributed by atoms with Gasteiger partial charge in [-0.05, 0) is 32.3 Å². The zero-order chi connectivity index (χ0) is 13.4. The lowest BCUT2D eigenvalue weighted by Gasteiger charge is -2.12. The van der Waals surface area contributed by atoms with Crippen molar-refractivity contribution in [2.24, 2.45) is 0 Å². The Balaban J connectivity index is 2.50. The Labute approximate surface area is 112 Å². The molecule has 0 radical (unpaired) electrons. The summed E-state index contributed by atoms with van der Waals surface area (Å²) in [6.45, 7) is 4.76. The van der Waals surface area contributed by atoms with Crippen LogP contribution >= 0.6 is 11.8 Å². The number of anilines is 1. The molecule has 0 saturated carbocycles. The number of hydrogen-bond acceptors (Lipinski definition) is 5. The van der Waals surface area contributed by atoms with Crippen LogP contribution in [0.5, 0.6) is 0 Å². The van der Waals surface area contributed by atoms with Gasteiger partial charge in [0.1, 0.15) is 11.5 Å². The minimum absolute atomic E-state index is 0.153. The predicted octanol–water partition coefficient (Wildman–Crippen LogP) is 1.78. The van der Waals surface area contributed by atoms with Crippen molar-refractivity contribution in [2.45, 2.75) is 26.3 Å². The van der Waals surface area contributed by atoms with Crippen LogP contribution < -0.4 is 10.6 Å². The molecule has 1 aromatic heterocycles. The van der Waals surface area contributed by atoms with Gasteiger partial charge in [0, 0.05) is 12.6 Å². The van der Waals surface area contributed by atoms with Gasteiger partial charge >= 0.3 is 0 Å². The van der Waals surface area contributed by atoms with E-state index in [-0.39, 0.29) is 11.9 Å². The van der Waals surface area contributed by atoms with Crippen LogP contribution in [0.1, 0.15) is 30.8 Å². The van der Waals surface area contributed by atoms with E-state index in [9.17, 15) is 4.79 Å². The number of thioether (sulfide) groups is 1. The van der Waals surface area contributed by atoms with Gasteiger partial charge in [-0.15, -0.1) is 0 Å². The first-order chi connectivity index (χ1) is 8.67. The Morgan fingerprint density at radius 2 is 2.22 bits per heavy atom. The van der Waals surface area contributed by atoms with E-state index in [1.807, 2.05) is 13.8 Å². The topological polar surface area (TPSA) is 66.9 Å². The number of nitrogens with zero attached hydrogens (tertiary/aromatic N) is 2. The highest BCUT2D eigenvalue weighted by Gasteiger charge is 2.11. The molecule has 18 heavy (non-hydrogen) atoms. The van der Waals surface area contributed by atoms with Crippen LogP contribution in [0.3, 0.4) is 0 Å². The SMILES string of the molecule is CCNc1cnc(C(=O)NC(C)CCSC)cn1. The summed E-state index contributed by atoms with van der Waals surface area (Å²) in [7, 11) is 0. The number of amides is 1. The lowest BCUT2D eigenvalue weighted by Crippen LogP contribution is -2.33. The summed E-state index contributed by atoms with van der Waals surface area (Å²) in [5, 5.41) is 5.94. The number of nitrogens with one attached hydrogen (secondary N) is 2. The lowest BCUT2D eigenvalue weighted by atomic mass is 10.2. The van der Waals surface area contributed by atoms with Crippen LogP contribution in [-0.4, -0.2) is 40.5 Å². The molecule has 0 saturated heterocycles. The van der Waals surface area contributed by atoms with E-state index in [0.29, 0.717) is 11.5 Å². The monoisotopic (exact) mass is 268 g/mol. The van der Waals surface area contributed by atoms with Crippen LogP contribution in [-0.2, 0) is 0 Å². The Bertz CT molecular complexity index is 369. The minimum atomic E-state index is -0.167. The zero-order valence-corrected chi connectivity index (χ0v) is 11.9. The molecule has 0 aliphatic carbocycles. The van der Waals surface area contributed by atoms with Crippen LogP contribution in [0, 0.1) is 0 Å². The van der Waals surface area contributed by atoms with E-state index in [1.165, 1.54) is 6.20 Å². The maximum absolute atomic E-state index is 11.8. The van der Waals surface area contributed by atoms with Crippen LogP contribution in [0.2, 0.25) is 0 Å². The van der Waals surface area contributed by atoms with E-state index < -0.39 is 0 Å². The largest absolute Gasteiger partial charge is 0.369 e. The third-order valence-electron chi connectivity index (χ3n) is 2.37. The smallest absolute Gasteiger partial charge is 0.271 e. The van der Waals surface area contributed by atoms with Crippen molar-refractivity contribution in [1.29, 1.82) is 0 Å². The highest BCUT2D eigenvalue weighted by Crippen LogP contribution is 2.03. The summed E-state index contributed by atoms with van der Waals surface area (Å²) in [6, 6.07) is 0.153. The second kappa shape index (κ2) is 7.92. The molecule has 100 valence electrons. The average Bonchev–Trinajstić information content (AvgIpc) is 2.37. The van der Waals surface area contributed by atoms with Crippen LogP contribution in [0.25, 0.3) is 0 Å². The third kappa shape index (κ3) is 4.91. The molecule has 1 rings (SSSR count). The molecule has 0 spiro atoms. The Kier molecular flexibility index (Phi) is 6.49. The summed E-state index contributed by atoms with van der Waals surface area (Å²) < 4.78 is 0. The summed E-state index contributed by atoms with van der Waals surface area (Å²) >= 11 is 1.77. The second-order valence-electron chi connectivity index (χ2n) is 3.97. The fraction of sp³-hybridized carbons (Fsp3) is 0.583. The first kappa shape index (κ1) is 14.8. The molecule has 1 heterocycles. The van der Waals surface area contributed by atoms with E-state index in [2.05, 4.69) is 26.9 Å². The van der Waals surface area contributed by atoms with E-state index in [0.717, 1.165) is 18.7 Å². The standard InChI is InChI=1S/C12H20N4OS/c1-4-13-11-8-14-10(7-15-11)12(17)16-9(2)5-6-18-3/h7-9H,4-6H2,1-3H3,(H,13,15)(H,16,17). The van der Waals surface area contributed by atoms with E-state index in [4.69, 9.17) is 0 Å². The summed E-state index contributed by atoms with van der Waals surface area (Å²) in [4.78, 5) is 20.1. The van der Waals surface area contributed by atoms with Gasteiger partial charge in [-0.1, -0.05) is 0 Å². The molecule has 1 atom stereocenters. The number of carbonyl (C=O) groups is 1. The maximum atomic E-state index is 11.8. The van der Waals surface area contributed by atoms with Crippen molar-refractivity contribution in [3.05, 3.63) is 18.1 Å². The van der Waals surface area contributed by atoms with Gasteiger partial charge < -0.3 is 10.6 Å². The van der Waals surface area contributed by atoms with Crippen molar-refractivity contribution in [2.75, 3.05) is 23.9 Å².